The number of rotatable bonds is 8. The smallest absolute Gasteiger partial charge is 0.300 e. The van der Waals surface area contributed by atoms with Gasteiger partial charge in [-0.25, -0.2) is 13.8 Å². The molecule has 1 N–H and O–H groups in total. The SMILES string of the molecule is N#C[C@H]1CCCC[C@@H]1n1nc(Nc2ccc(C(=O)C(F)F)cc2)c2c(OCc3ccccc3)nccc21. The average Bonchev–Trinajstić information content (AvgIpc) is 3.31. The van der Waals surface area contributed by atoms with Crippen LogP contribution in [0.2, 0.25) is 0 Å². The molecule has 2 aromatic heterocycles. The van der Waals surface area contributed by atoms with E-state index in [1.807, 2.05) is 41.1 Å². The van der Waals surface area contributed by atoms with Crippen molar-refractivity contribution >= 4 is 28.2 Å². The Morgan fingerprint density at radius 1 is 1.11 bits per heavy atom. The molecule has 37 heavy (non-hydrogen) atoms. The van der Waals surface area contributed by atoms with E-state index in [4.69, 9.17) is 9.84 Å². The molecule has 1 aliphatic carbocycles. The Balaban J connectivity index is 1.54. The van der Waals surface area contributed by atoms with E-state index in [2.05, 4.69) is 16.4 Å². The first kappa shape index (κ1) is 24.4. The summed E-state index contributed by atoms with van der Waals surface area (Å²) in [4.78, 5) is 16.1. The predicted molar refractivity (Wildman–Crippen MR) is 135 cm³/mol. The van der Waals surface area contributed by atoms with Crippen LogP contribution in [-0.4, -0.2) is 27.0 Å². The predicted octanol–water partition coefficient (Wildman–Crippen LogP) is 6.46. The monoisotopic (exact) mass is 501 g/mol. The number of aromatic nitrogens is 3. The fraction of sp³-hybridized carbons (Fsp3) is 0.286. The molecule has 0 amide bonds. The standard InChI is InChI=1S/C28H25F2N5O2/c29-26(30)25(36)19-10-12-21(13-11-19)33-27-24-23(35(34-27)22-9-5-4-8-20(22)16-31)14-15-32-28(24)37-17-18-6-2-1-3-7-18/h1-3,6-7,10-15,20,22,26H,4-5,8-9,17H2,(H,33,34)/t20-,22+/m1/s1. The van der Waals surface area contributed by atoms with Gasteiger partial charge in [0.25, 0.3) is 0 Å². The van der Waals surface area contributed by atoms with E-state index < -0.39 is 12.2 Å². The van der Waals surface area contributed by atoms with Gasteiger partial charge in [-0.05, 0) is 48.7 Å². The first-order valence-corrected chi connectivity index (χ1v) is 12.2. The summed E-state index contributed by atoms with van der Waals surface area (Å²) in [7, 11) is 0. The van der Waals surface area contributed by atoms with Crippen molar-refractivity contribution in [2.45, 2.75) is 44.8 Å². The molecule has 0 saturated heterocycles. The normalized spacial score (nSPS) is 17.5. The third-order valence-corrected chi connectivity index (χ3v) is 6.64. The molecule has 7 nitrogen and oxygen atoms in total. The first-order valence-electron chi connectivity index (χ1n) is 12.2. The lowest BCUT2D eigenvalue weighted by molar-refractivity contribution is 0.0679. The number of nitrogens with one attached hydrogen (secondary N) is 1. The van der Waals surface area contributed by atoms with Crippen molar-refractivity contribution in [2.75, 3.05) is 5.32 Å². The number of pyridine rings is 1. The van der Waals surface area contributed by atoms with Gasteiger partial charge in [0.05, 0.1) is 23.5 Å². The maximum atomic E-state index is 12.8. The summed E-state index contributed by atoms with van der Waals surface area (Å²) in [6.45, 7) is 0.312. The molecule has 2 heterocycles. The highest BCUT2D eigenvalue weighted by atomic mass is 19.3. The number of benzene rings is 2. The maximum Gasteiger partial charge on any atom is 0.300 e. The van der Waals surface area contributed by atoms with Crippen molar-refractivity contribution in [3.8, 4) is 11.9 Å². The summed E-state index contributed by atoms with van der Waals surface area (Å²) >= 11 is 0. The quantitative estimate of drug-likeness (QED) is 0.279. The van der Waals surface area contributed by atoms with E-state index in [9.17, 15) is 18.8 Å². The van der Waals surface area contributed by atoms with Crippen LogP contribution in [0.3, 0.4) is 0 Å². The Kier molecular flexibility index (Phi) is 7.08. The van der Waals surface area contributed by atoms with Gasteiger partial charge >= 0.3 is 6.43 Å². The molecule has 0 spiro atoms. The Hall–Kier alpha value is -4.32. The number of carbonyl (C=O) groups is 1. The zero-order chi connectivity index (χ0) is 25.8. The van der Waals surface area contributed by atoms with E-state index in [0.717, 1.165) is 36.8 Å². The molecule has 1 fully saturated rings. The molecule has 1 aliphatic rings. The van der Waals surface area contributed by atoms with Crippen molar-refractivity contribution in [2.24, 2.45) is 5.92 Å². The van der Waals surface area contributed by atoms with Gasteiger partial charge in [-0.2, -0.15) is 10.4 Å². The molecular formula is C28H25F2N5O2. The second kappa shape index (κ2) is 10.7. The number of nitriles is 1. The highest BCUT2D eigenvalue weighted by Gasteiger charge is 2.30. The minimum absolute atomic E-state index is 0.0662. The molecule has 0 radical (unpaired) electrons. The highest BCUT2D eigenvalue weighted by molar-refractivity contribution is 5.99. The van der Waals surface area contributed by atoms with Gasteiger partial charge in [0.1, 0.15) is 12.0 Å². The van der Waals surface area contributed by atoms with Crippen molar-refractivity contribution in [3.63, 3.8) is 0 Å². The summed E-state index contributed by atoms with van der Waals surface area (Å²) in [5, 5.41) is 18.5. The highest BCUT2D eigenvalue weighted by Crippen LogP contribution is 2.39. The summed E-state index contributed by atoms with van der Waals surface area (Å²) in [5.41, 5.74) is 2.27. The van der Waals surface area contributed by atoms with E-state index in [1.54, 1.807) is 18.3 Å². The fourth-order valence-corrected chi connectivity index (χ4v) is 4.77. The van der Waals surface area contributed by atoms with Gasteiger partial charge in [0.15, 0.2) is 5.82 Å². The lowest BCUT2D eigenvalue weighted by Crippen LogP contribution is -2.23. The van der Waals surface area contributed by atoms with Gasteiger partial charge in [-0.3, -0.25) is 9.48 Å². The van der Waals surface area contributed by atoms with Crippen molar-refractivity contribution < 1.29 is 18.3 Å². The molecule has 2 atom stereocenters. The van der Waals surface area contributed by atoms with Crippen LogP contribution < -0.4 is 10.1 Å². The van der Waals surface area contributed by atoms with E-state index in [-0.39, 0.29) is 17.5 Å². The first-order chi connectivity index (χ1) is 18.0. The number of fused-ring (bicyclic) bond motifs is 1. The van der Waals surface area contributed by atoms with Crippen LogP contribution in [0.25, 0.3) is 10.9 Å². The van der Waals surface area contributed by atoms with Gasteiger partial charge in [0, 0.05) is 17.4 Å². The van der Waals surface area contributed by atoms with Crippen LogP contribution >= 0.6 is 0 Å². The number of alkyl halides is 2. The molecule has 2 aromatic carbocycles. The zero-order valence-corrected chi connectivity index (χ0v) is 20.0. The minimum atomic E-state index is -3.06. The number of carbonyl (C=O) groups excluding carboxylic acids is 1. The zero-order valence-electron chi connectivity index (χ0n) is 20.0. The third kappa shape index (κ3) is 5.14. The topological polar surface area (TPSA) is 92.8 Å². The number of anilines is 2. The van der Waals surface area contributed by atoms with E-state index in [1.165, 1.54) is 12.1 Å². The van der Waals surface area contributed by atoms with Crippen LogP contribution in [-0.2, 0) is 6.61 Å². The molecule has 0 unspecified atom stereocenters. The van der Waals surface area contributed by atoms with Crippen LogP contribution in [0.5, 0.6) is 5.88 Å². The van der Waals surface area contributed by atoms with Crippen LogP contribution in [0.4, 0.5) is 20.3 Å². The second-order valence-corrected chi connectivity index (χ2v) is 9.03. The number of Topliss-reactive ketones (excluding diaryl/α,β-unsaturated/α-hetero) is 1. The average molecular weight is 502 g/mol. The lowest BCUT2D eigenvalue weighted by Gasteiger charge is -2.27. The van der Waals surface area contributed by atoms with Gasteiger partial charge < -0.3 is 10.1 Å². The molecular weight excluding hydrogens is 476 g/mol. The number of ether oxygens (including phenoxy) is 1. The number of halogens is 2. The number of nitrogens with zero attached hydrogens (tertiary/aromatic N) is 4. The van der Waals surface area contributed by atoms with Gasteiger partial charge in [-0.1, -0.05) is 43.2 Å². The molecule has 0 bridgehead atoms. The molecule has 0 aliphatic heterocycles. The molecule has 1 saturated carbocycles. The van der Waals surface area contributed by atoms with Gasteiger partial charge in [0.2, 0.25) is 11.7 Å². The summed E-state index contributed by atoms with van der Waals surface area (Å²) in [6, 6.07) is 19.8. The summed E-state index contributed by atoms with van der Waals surface area (Å²) in [5.74, 6) is -0.515. The summed E-state index contributed by atoms with van der Waals surface area (Å²) < 4.78 is 33.6. The molecule has 9 heteroatoms. The minimum Gasteiger partial charge on any atom is -0.472 e. The largest absolute Gasteiger partial charge is 0.472 e. The Morgan fingerprint density at radius 2 is 1.86 bits per heavy atom. The Labute approximate surface area is 212 Å². The number of hydrogen-bond donors (Lipinski definition) is 1. The van der Waals surface area contributed by atoms with E-state index in [0.29, 0.717) is 29.4 Å². The number of hydrogen-bond acceptors (Lipinski definition) is 6. The Bertz CT molecular complexity index is 1430. The van der Waals surface area contributed by atoms with Crippen LogP contribution in [0.15, 0.2) is 66.9 Å². The van der Waals surface area contributed by atoms with E-state index >= 15 is 0 Å². The Morgan fingerprint density at radius 3 is 2.59 bits per heavy atom. The number of ketones is 1. The molecule has 5 rings (SSSR count). The summed E-state index contributed by atoms with van der Waals surface area (Å²) in [6.07, 6.45) is 2.27. The fourth-order valence-electron chi connectivity index (χ4n) is 4.77. The second-order valence-electron chi connectivity index (χ2n) is 9.03. The van der Waals surface area contributed by atoms with Crippen molar-refractivity contribution in [1.82, 2.24) is 14.8 Å². The van der Waals surface area contributed by atoms with Crippen molar-refractivity contribution in [1.29, 1.82) is 5.26 Å². The van der Waals surface area contributed by atoms with Crippen LogP contribution in [0, 0.1) is 17.2 Å². The van der Waals surface area contributed by atoms with Crippen molar-refractivity contribution in [3.05, 3.63) is 78.0 Å². The lowest BCUT2D eigenvalue weighted by atomic mass is 9.85. The maximum absolute atomic E-state index is 12.8. The molecule has 4 aromatic rings. The third-order valence-electron chi connectivity index (χ3n) is 6.64. The molecule has 188 valence electrons. The van der Waals surface area contributed by atoms with Crippen LogP contribution in [0.1, 0.15) is 47.6 Å². The van der Waals surface area contributed by atoms with Gasteiger partial charge in [-0.15, -0.1) is 0 Å².